The third kappa shape index (κ3) is 5.68. The second-order valence-corrected chi connectivity index (χ2v) is 5.73. The lowest BCUT2D eigenvalue weighted by Crippen LogP contribution is -2.33. The molecule has 1 saturated carbocycles. The zero-order chi connectivity index (χ0) is 13.4. The average molecular weight is 258 g/mol. The van der Waals surface area contributed by atoms with Crippen LogP contribution in [0.5, 0.6) is 0 Å². The first kappa shape index (κ1) is 15.9. The summed E-state index contributed by atoms with van der Waals surface area (Å²) in [5, 5.41) is 19.9. The largest absolute Gasteiger partial charge is 0.393 e. The molecule has 0 spiro atoms. The van der Waals surface area contributed by atoms with Crippen LogP contribution in [0.25, 0.3) is 0 Å². The molecule has 108 valence electrons. The average Bonchev–Trinajstić information content (AvgIpc) is 2.37. The van der Waals surface area contributed by atoms with E-state index in [1.165, 1.54) is 6.42 Å². The minimum atomic E-state index is -0.419. The summed E-state index contributed by atoms with van der Waals surface area (Å²) in [5.41, 5.74) is 0. The summed E-state index contributed by atoms with van der Waals surface area (Å²) in [6.07, 6.45) is 6.49. The van der Waals surface area contributed by atoms with Crippen molar-refractivity contribution in [2.75, 3.05) is 13.2 Å². The first-order valence-electron chi connectivity index (χ1n) is 7.61. The molecule has 0 radical (unpaired) electrons. The van der Waals surface area contributed by atoms with E-state index in [9.17, 15) is 10.2 Å². The number of hydrogen-bond donors (Lipinski definition) is 2. The van der Waals surface area contributed by atoms with Crippen LogP contribution in [-0.4, -0.2) is 35.6 Å². The van der Waals surface area contributed by atoms with Gasteiger partial charge in [0.15, 0.2) is 0 Å². The van der Waals surface area contributed by atoms with Crippen LogP contribution in [0.15, 0.2) is 0 Å². The third-order valence-corrected chi connectivity index (χ3v) is 4.16. The van der Waals surface area contributed by atoms with E-state index in [4.69, 9.17) is 4.74 Å². The molecule has 0 saturated heterocycles. The molecule has 0 aromatic carbocycles. The molecule has 0 aromatic rings. The van der Waals surface area contributed by atoms with E-state index >= 15 is 0 Å². The van der Waals surface area contributed by atoms with Gasteiger partial charge in [0.1, 0.15) is 0 Å². The molecule has 3 nitrogen and oxygen atoms in total. The highest BCUT2D eigenvalue weighted by Crippen LogP contribution is 2.33. The van der Waals surface area contributed by atoms with Gasteiger partial charge in [-0.2, -0.15) is 0 Å². The smallest absolute Gasteiger partial charge is 0.0777 e. The number of rotatable bonds is 8. The summed E-state index contributed by atoms with van der Waals surface area (Å²) in [6, 6.07) is 0. The minimum Gasteiger partial charge on any atom is -0.393 e. The molecule has 4 unspecified atom stereocenters. The molecule has 2 N–H and O–H groups in total. The minimum absolute atomic E-state index is 0.224. The Morgan fingerprint density at radius 1 is 1.28 bits per heavy atom. The molecule has 1 aliphatic rings. The van der Waals surface area contributed by atoms with E-state index in [2.05, 4.69) is 13.8 Å². The number of aliphatic hydroxyl groups excluding tert-OH is 2. The Labute approximate surface area is 112 Å². The topological polar surface area (TPSA) is 49.7 Å². The molecule has 3 heteroatoms. The monoisotopic (exact) mass is 258 g/mol. The number of aliphatic hydroxyl groups is 2. The second kappa shape index (κ2) is 8.89. The lowest BCUT2D eigenvalue weighted by molar-refractivity contribution is -0.0150. The molecule has 18 heavy (non-hydrogen) atoms. The standard InChI is InChI=1S/C15H30O3/c1-3-5-8-18-11-14(16)10-13-9-12(4-2)6-7-15(13)17/h12-17H,3-11H2,1-2H3. The van der Waals surface area contributed by atoms with Crippen LogP contribution in [0.1, 0.15) is 58.8 Å². The van der Waals surface area contributed by atoms with Crippen molar-refractivity contribution in [1.29, 1.82) is 0 Å². The quantitative estimate of drug-likeness (QED) is 0.658. The van der Waals surface area contributed by atoms with Gasteiger partial charge in [0.25, 0.3) is 0 Å². The summed E-state index contributed by atoms with van der Waals surface area (Å²) in [5.74, 6) is 0.986. The van der Waals surface area contributed by atoms with Crippen LogP contribution >= 0.6 is 0 Å². The van der Waals surface area contributed by atoms with Gasteiger partial charge in [0, 0.05) is 6.61 Å². The molecule has 0 heterocycles. The predicted molar refractivity (Wildman–Crippen MR) is 73.5 cm³/mol. The maximum atomic E-state index is 9.99. The Kier molecular flexibility index (Phi) is 7.87. The van der Waals surface area contributed by atoms with Gasteiger partial charge >= 0.3 is 0 Å². The Hall–Kier alpha value is -0.120. The molecule has 1 rings (SSSR count). The van der Waals surface area contributed by atoms with Gasteiger partial charge < -0.3 is 14.9 Å². The highest BCUT2D eigenvalue weighted by molar-refractivity contribution is 4.81. The zero-order valence-corrected chi connectivity index (χ0v) is 12.0. The highest BCUT2D eigenvalue weighted by atomic mass is 16.5. The fourth-order valence-electron chi connectivity index (χ4n) is 2.85. The number of unbranched alkanes of at least 4 members (excludes halogenated alkanes) is 1. The third-order valence-electron chi connectivity index (χ3n) is 4.16. The zero-order valence-electron chi connectivity index (χ0n) is 12.0. The van der Waals surface area contributed by atoms with Crippen LogP contribution in [0.4, 0.5) is 0 Å². The molecule has 4 atom stereocenters. The maximum Gasteiger partial charge on any atom is 0.0777 e. The summed E-state index contributed by atoms with van der Waals surface area (Å²) >= 11 is 0. The normalized spacial score (nSPS) is 30.3. The Balaban J connectivity index is 2.22. The molecule has 0 aliphatic heterocycles. The van der Waals surface area contributed by atoms with Crippen molar-refractivity contribution in [3.05, 3.63) is 0 Å². The molecule has 0 bridgehead atoms. The molecule has 0 aromatic heterocycles. The van der Waals surface area contributed by atoms with E-state index in [0.717, 1.165) is 44.6 Å². The summed E-state index contributed by atoms with van der Waals surface area (Å²) in [7, 11) is 0. The van der Waals surface area contributed by atoms with Crippen molar-refractivity contribution < 1.29 is 14.9 Å². The van der Waals surface area contributed by atoms with Gasteiger partial charge in [-0.25, -0.2) is 0 Å². The number of ether oxygens (including phenoxy) is 1. The van der Waals surface area contributed by atoms with Gasteiger partial charge in [0.2, 0.25) is 0 Å². The van der Waals surface area contributed by atoms with Crippen molar-refractivity contribution in [3.63, 3.8) is 0 Å². The van der Waals surface area contributed by atoms with Crippen LogP contribution in [-0.2, 0) is 4.74 Å². The van der Waals surface area contributed by atoms with E-state index < -0.39 is 6.10 Å². The van der Waals surface area contributed by atoms with E-state index in [0.29, 0.717) is 13.0 Å². The number of hydrogen-bond acceptors (Lipinski definition) is 3. The first-order valence-corrected chi connectivity index (χ1v) is 7.61. The molecular formula is C15H30O3. The summed E-state index contributed by atoms with van der Waals surface area (Å²) < 4.78 is 5.43. The van der Waals surface area contributed by atoms with Crippen LogP contribution in [0.3, 0.4) is 0 Å². The lowest BCUT2D eigenvalue weighted by Gasteiger charge is -2.34. The van der Waals surface area contributed by atoms with E-state index in [1.54, 1.807) is 0 Å². The van der Waals surface area contributed by atoms with Gasteiger partial charge in [-0.3, -0.25) is 0 Å². The fourth-order valence-corrected chi connectivity index (χ4v) is 2.85. The Bertz CT molecular complexity index is 208. The summed E-state index contributed by atoms with van der Waals surface area (Å²) in [4.78, 5) is 0. The molecule has 0 amide bonds. The molecule has 1 fully saturated rings. The lowest BCUT2D eigenvalue weighted by atomic mass is 9.76. The highest BCUT2D eigenvalue weighted by Gasteiger charge is 2.29. The fraction of sp³-hybridized carbons (Fsp3) is 1.00. The van der Waals surface area contributed by atoms with Crippen LogP contribution < -0.4 is 0 Å². The Morgan fingerprint density at radius 2 is 2.06 bits per heavy atom. The van der Waals surface area contributed by atoms with Gasteiger partial charge in [-0.05, 0) is 43.9 Å². The second-order valence-electron chi connectivity index (χ2n) is 5.73. The van der Waals surface area contributed by atoms with Gasteiger partial charge in [-0.1, -0.05) is 26.7 Å². The van der Waals surface area contributed by atoms with Gasteiger partial charge in [-0.15, -0.1) is 0 Å². The van der Waals surface area contributed by atoms with Crippen LogP contribution in [0, 0.1) is 11.8 Å². The van der Waals surface area contributed by atoms with Crippen LogP contribution in [0.2, 0.25) is 0 Å². The first-order chi connectivity index (χ1) is 8.67. The van der Waals surface area contributed by atoms with E-state index in [-0.39, 0.29) is 12.0 Å². The molecule has 1 aliphatic carbocycles. The predicted octanol–water partition coefficient (Wildman–Crippen LogP) is 2.74. The van der Waals surface area contributed by atoms with Crippen molar-refractivity contribution in [3.8, 4) is 0 Å². The van der Waals surface area contributed by atoms with Crippen molar-refractivity contribution in [1.82, 2.24) is 0 Å². The maximum absolute atomic E-state index is 9.99. The van der Waals surface area contributed by atoms with E-state index in [1.807, 2.05) is 0 Å². The Morgan fingerprint density at radius 3 is 2.72 bits per heavy atom. The van der Waals surface area contributed by atoms with Crippen molar-refractivity contribution in [2.45, 2.75) is 71.0 Å². The molecular weight excluding hydrogens is 228 g/mol. The van der Waals surface area contributed by atoms with Gasteiger partial charge in [0.05, 0.1) is 18.8 Å². The van der Waals surface area contributed by atoms with Crippen molar-refractivity contribution in [2.24, 2.45) is 11.8 Å². The summed E-state index contributed by atoms with van der Waals surface area (Å²) in [6.45, 7) is 5.49. The van der Waals surface area contributed by atoms with Crippen molar-refractivity contribution >= 4 is 0 Å². The SMILES string of the molecule is CCCCOCC(O)CC1CC(CC)CCC1O.